The van der Waals surface area contributed by atoms with Crippen LogP contribution in [-0.2, 0) is 19.1 Å². The molecule has 2 amide bonds. The number of hydrogen-bond donors (Lipinski definition) is 2. The van der Waals surface area contributed by atoms with Crippen molar-refractivity contribution in [3.8, 4) is 0 Å². The molecule has 2 N–H and O–H groups in total. The van der Waals surface area contributed by atoms with Crippen molar-refractivity contribution in [3.63, 3.8) is 0 Å². The molecule has 0 heterocycles. The summed E-state index contributed by atoms with van der Waals surface area (Å²) in [6.45, 7) is 7.19. The Morgan fingerprint density at radius 2 is 1.82 bits per heavy atom. The van der Waals surface area contributed by atoms with Gasteiger partial charge in [-0.3, -0.25) is 9.59 Å². The van der Waals surface area contributed by atoms with Crippen LogP contribution in [-0.4, -0.2) is 29.9 Å². The number of carbonyl (C=O) groups excluding carboxylic acids is 3. The summed E-state index contributed by atoms with van der Waals surface area (Å²) in [5.74, 6) is -0.514. The van der Waals surface area contributed by atoms with E-state index in [1.165, 1.54) is 26.3 Å². The maximum Gasteiger partial charge on any atom is 0.355 e. The van der Waals surface area contributed by atoms with Crippen LogP contribution in [0.1, 0.15) is 52.5 Å². The van der Waals surface area contributed by atoms with Gasteiger partial charge < -0.3 is 15.4 Å². The standard InChI is InChI=1S/C22H30N2O4/c1-14-9-8-12-19(15(14)2)24-21(26)16(3)28-22(27)20(23-17(4)25)13-18-10-6-5-7-11-18/h5-7,10-11,13-16,19H,8-9,12H2,1-4H3,(H,23,25)(H,24,26)/b20-13-/t14-,15-,16-,19-/m1/s1. The fourth-order valence-electron chi connectivity index (χ4n) is 3.41. The topological polar surface area (TPSA) is 84.5 Å². The maximum absolute atomic E-state index is 12.5. The van der Waals surface area contributed by atoms with Crippen LogP contribution >= 0.6 is 0 Å². The molecule has 0 bridgehead atoms. The first kappa shape index (κ1) is 21.7. The van der Waals surface area contributed by atoms with E-state index in [2.05, 4.69) is 24.5 Å². The molecule has 1 aromatic rings. The Labute approximate surface area is 166 Å². The highest BCUT2D eigenvalue weighted by Crippen LogP contribution is 2.29. The molecule has 152 valence electrons. The molecule has 6 nitrogen and oxygen atoms in total. The molecular weight excluding hydrogens is 356 g/mol. The monoisotopic (exact) mass is 386 g/mol. The van der Waals surface area contributed by atoms with Crippen molar-refractivity contribution in [2.45, 2.75) is 59.1 Å². The Bertz CT molecular complexity index is 729. The first-order chi connectivity index (χ1) is 13.3. The van der Waals surface area contributed by atoms with Crippen LogP contribution in [0.4, 0.5) is 0 Å². The lowest BCUT2D eigenvalue weighted by atomic mass is 9.78. The third-order valence-corrected chi connectivity index (χ3v) is 5.33. The van der Waals surface area contributed by atoms with Crippen LogP contribution in [0.25, 0.3) is 6.08 Å². The summed E-state index contributed by atoms with van der Waals surface area (Å²) in [7, 11) is 0. The highest BCUT2D eigenvalue weighted by atomic mass is 16.5. The predicted molar refractivity (Wildman–Crippen MR) is 108 cm³/mol. The molecule has 0 aromatic heterocycles. The summed E-state index contributed by atoms with van der Waals surface area (Å²) in [6, 6.07) is 9.20. The zero-order valence-electron chi connectivity index (χ0n) is 17.0. The molecule has 0 saturated heterocycles. The molecule has 1 aromatic carbocycles. The normalized spacial score (nSPS) is 23.4. The molecule has 2 rings (SSSR count). The summed E-state index contributed by atoms with van der Waals surface area (Å²) >= 11 is 0. The number of amides is 2. The fraction of sp³-hybridized carbons (Fsp3) is 0.500. The summed E-state index contributed by atoms with van der Waals surface area (Å²) in [5, 5.41) is 5.49. The SMILES string of the molecule is CC(=O)N/C(=C\c1ccccc1)C(=O)O[C@H](C)C(=O)N[C@@H]1CCC[C@@H](C)[C@H]1C. The summed E-state index contributed by atoms with van der Waals surface area (Å²) in [4.78, 5) is 36.5. The molecule has 28 heavy (non-hydrogen) atoms. The summed E-state index contributed by atoms with van der Waals surface area (Å²) in [6.07, 6.45) is 3.76. The zero-order valence-corrected chi connectivity index (χ0v) is 17.0. The van der Waals surface area contributed by atoms with Gasteiger partial charge in [0.15, 0.2) is 6.10 Å². The quantitative estimate of drug-likeness (QED) is 0.581. The van der Waals surface area contributed by atoms with Gasteiger partial charge in [0.25, 0.3) is 5.91 Å². The minimum Gasteiger partial charge on any atom is -0.448 e. The molecule has 0 radical (unpaired) electrons. The van der Waals surface area contributed by atoms with Crippen molar-refractivity contribution < 1.29 is 19.1 Å². The van der Waals surface area contributed by atoms with E-state index in [9.17, 15) is 14.4 Å². The smallest absolute Gasteiger partial charge is 0.355 e. The third-order valence-electron chi connectivity index (χ3n) is 5.33. The van der Waals surface area contributed by atoms with Crippen molar-refractivity contribution in [1.29, 1.82) is 0 Å². The fourth-order valence-corrected chi connectivity index (χ4v) is 3.41. The molecule has 0 aliphatic heterocycles. The first-order valence-corrected chi connectivity index (χ1v) is 9.83. The highest BCUT2D eigenvalue weighted by Gasteiger charge is 2.30. The van der Waals surface area contributed by atoms with Gasteiger partial charge in [-0.05, 0) is 36.8 Å². The lowest BCUT2D eigenvalue weighted by molar-refractivity contribution is -0.152. The van der Waals surface area contributed by atoms with Crippen molar-refractivity contribution in [2.24, 2.45) is 11.8 Å². The van der Waals surface area contributed by atoms with Gasteiger partial charge in [-0.2, -0.15) is 0 Å². The van der Waals surface area contributed by atoms with Crippen LogP contribution in [0.15, 0.2) is 36.0 Å². The largest absolute Gasteiger partial charge is 0.448 e. The second kappa shape index (κ2) is 10.1. The van der Waals surface area contributed by atoms with Crippen molar-refractivity contribution >= 4 is 23.9 Å². The average Bonchev–Trinajstić information content (AvgIpc) is 2.65. The van der Waals surface area contributed by atoms with E-state index in [-0.39, 0.29) is 23.6 Å². The van der Waals surface area contributed by atoms with Gasteiger partial charge in [0.05, 0.1) is 0 Å². The van der Waals surface area contributed by atoms with Gasteiger partial charge in [0.2, 0.25) is 5.91 Å². The Hall–Kier alpha value is -2.63. The Balaban J connectivity index is 2.02. The van der Waals surface area contributed by atoms with Crippen LogP contribution in [0.5, 0.6) is 0 Å². The van der Waals surface area contributed by atoms with E-state index in [1.54, 1.807) is 12.1 Å². The maximum atomic E-state index is 12.5. The van der Waals surface area contributed by atoms with Crippen molar-refractivity contribution in [3.05, 3.63) is 41.6 Å². The second-order valence-electron chi connectivity index (χ2n) is 7.58. The van der Waals surface area contributed by atoms with E-state index in [1.807, 2.05) is 18.2 Å². The van der Waals surface area contributed by atoms with Gasteiger partial charge in [0.1, 0.15) is 5.70 Å². The number of carbonyl (C=O) groups is 3. The molecular formula is C22H30N2O4. The molecule has 1 fully saturated rings. The van der Waals surface area contributed by atoms with E-state index in [0.29, 0.717) is 11.8 Å². The molecule has 1 aliphatic carbocycles. The van der Waals surface area contributed by atoms with Gasteiger partial charge in [-0.15, -0.1) is 0 Å². The van der Waals surface area contributed by atoms with E-state index in [0.717, 1.165) is 18.4 Å². The zero-order chi connectivity index (χ0) is 20.7. The average molecular weight is 386 g/mol. The number of esters is 1. The second-order valence-corrected chi connectivity index (χ2v) is 7.58. The number of rotatable bonds is 6. The summed E-state index contributed by atoms with van der Waals surface area (Å²) < 4.78 is 5.32. The molecule has 1 saturated carbocycles. The van der Waals surface area contributed by atoms with Crippen molar-refractivity contribution in [1.82, 2.24) is 10.6 Å². The molecule has 1 aliphatic rings. The van der Waals surface area contributed by atoms with Gasteiger partial charge in [-0.25, -0.2) is 4.79 Å². The highest BCUT2D eigenvalue weighted by molar-refractivity contribution is 5.98. The van der Waals surface area contributed by atoms with E-state index < -0.39 is 12.1 Å². The Morgan fingerprint density at radius 1 is 1.14 bits per heavy atom. The minimum atomic E-state index is -0.954. The number of hydrogen-bond acceptors (Lipinski definition) is 4. The molecule has 0 unspecified atom stereocenters. The van der Waals surface area contributed by atoms with Crippen molar-refractivity contribution in [2.75, 3.05) is 0 Å². The third kappa shape index (κ3) is 6.22. The van der Waals surface area contributed by atoms with Gasteiger partial charge >= 0.3 is 5.97 Å². The van der Waals surface area contributed by atoms with Crippen LogP contribution < -0.4 is 10.6 Å². The number of nitrogens with one attached hydrogen (secondary N) is 2. The van der Waals surface area contributed by atoms with Crippen LogP contribution in [0, 0.1) is 11.8 Å². The lowest BCUT2D eigenvalue weighted by Gasteiger charge is -2.35. The van der Waals surface area contributed by atoms with Gasteiger partial charge in [0, 0.05) is 13.0 Å². The molecule has 6 heteroatoms. The van der Waals surface area contributed by atoms with Crippen LogP contribution in [0.2, 0.25) is 0 Å². The number of benzene rings is 1. The Kier molecular flexibility index (Phi) is 7.79. The first-order valence-electron chi connectivity index (χ1n) is 9.83. The Morgan fingerprint density at radius 3 is 2.46 bits per heavy atom. The van der Waals surface area contributed by atoms with Crippen LogP contribution in [0.3, 0.4) is 0 Å². The summed E-state index contributed by atoms with van der Waals surface area (Å²) in [5.41, 5.74) is 0.739. The molecule has 0 spiro atoms. The van der Waals surface area contributed by atoms with E-state index >= 15 is 0 Å². The number of ether oxygens (including phenoxy) is 1. The lowest BCUT2D eigenvalue weighted by Crippen LogP contribution is -2.48. The molecule has 4 atom stereocenters. The van der Waals surface area contributed by atoms with Gasteiger partial charge in [-0.1, -0.05) is 57.0 Å². The predicted octanol–water partition coefficient (Wildman–Crippen LogP) is 3.04. The minimum absolute atomic E-state index is 0.00185. The van der Waals surface area contributed by atoms with E-state index in [4.69, 9.17) is 4.74 Å².